The molecule has 0 aliphatic heterocycles. The molecule has 1 atom stereocenters. The molecule has 0 spiro atoms. The van der Waals surface area contributed by atoms with Gasteiger partial charge in [0.05, 0.1) is 0 Å². The summed E-state index contributed by atoms with van der Waals surface area (Å²) < 4.78 is 0. The van der Waals surface area contributed by atoms with E-state index in [9.17, 15) is 0 Å². The summed E-state index contributed by atoms with van der Waals surface area (Å²) in [6, 6.07) is 10.0. The average Bonchev–Trinajstić information content (AvgIpc) is 2.44. The molecule has 2 nitrogen and oxygen atoms in total. The number of aromatic nitrogens is 1. The molecular weight excluding hydrogens is 291 g/mol. The zero-order valence-corrected chi connectivity index (χ0v) is 13.0. The summed E-state index contributed by atoms with van der Waals surface area (Å²) in [6.45, 7) is 3.03. The number of nitrogens with zero attached hydrogens (tertiary/aromatic N) is 1. The van der Waals surface area contributed by atoms with Crippen molar-refractivity contribution in [3.8, 4) is 0 Å². The number of nitrogens with one attached hydrogen (secondary N) is 1. The van der Waals surface area contributed by atoms with Crippen LogP contribution in [0.25, 0.3) is 0 Å². The van der Waals surface area contributed by atoms with Crippen molar-refractivity contribution in [3.05, 3.63) is 63.9 Å². The molecule has 2 aromatic rings. The van der Waals surface area contributed by atoms with E-state index in [0.717, 1.165) is 35.0 Å². The van der Waals surface area contributed by atoms with E-state index >= 15 is 0 Å². The summed E-state index contributed by atoms with van der Waals surface area (Å²) in [5, 5.41) is 5.00. The van der Waals surface area contributed by atoms with Gasteiger partial charge in [-0.3, -0.25) is 4.98 Å². The van der Waals surface area contributed by atoms with Crippen molar-refractivity contribution in [1.29, 1.82) is 0 Å². The van der Waals surface area contributed by atoms with Crippen molar-refractivity contribution in [2.24, 2.45) is 0 Å². The Hall–Kier alpha value is -1.09. The summed E-state index contributed by atoms with van der Waals surface area (Å²) in [5.41, 5.74) is 2.35. The van der Waals surface area contributed by atoms with Crippen molar-refractivity contribution in [2.45, 2.75) is 25.8 Å². The number of benzene rings is 1. The first-order chi connectivity index (χ1) is 9.69. The minimum absolute atomic E-state index is 0.332. The lowest BCUT2D eigenvalue weighted by Crippen LogP contribution is -2.33. The molecule has 1 aromatic heterocycles. The monoisotopic (exact) mass is 308 g/mol. The van der Waals surface area contributed by atoms with E-state index in [-0.39, 0.29) is 0 Å². The van der Waals surface area contributed by atoms with Gasteiger partial charge in [0.2, 0.25) is 0 Å². The molecule has 1 unspecified atom stereocenters. The first-order valence-electron chi connectivity index (χ1n) is 6.75. The summed E-state index contributed by atoms with van der Waals surface area (Å²) in [6.07, 6.45) is 5.45. The van der Waals surface area contributed by atoms with Crippen molar-refractivity contribution in [3.63, 3.8) is 0 Å². The molecule has 0 radical (unpaired) electrons. The highest BCUT2D eigenvalue weighted by atomic mass is 35.5. The summed E-state index contributed by atoms with van der Waals surface area (Å²) in [4.78, 5) is 4.05. The molecule has 1 heterocycles. The van der Waals surface area contributed by atoms with Crippen molar-refractivity contribution >= 4 is 23.2 Å². The van der Waals surface area contributed by atoms with Crippen LogP contribution in [0.1, 0.15) is 18.1 Å². The zero-order valence-electron chi connectivity index (χ0n) is 11.4. The van der Waals surface area contributed by atoms with Gasteiger partial charge < -0.3 is 5.32 Å². The smallest absolute Gasteiger partial charge is 0.0439 e. The second-order valence-corrected chi connectivity index (χ2v) is 5.60. The van der Waals surface area contributed by atoms with E-state index in [0.29, 0.717) is 6.04 Å². The SMILES string of the molecule is CCNC(Cc1ccncc1)Cc1cc(Cl)ccc1Cl. The van der Waals surface area contributed by atoms with Gasteiger partial charge in [-0.25, -0.2) is 0 Å². The second-order valence-electron chi connectivity index (χ2n) is 4.75. The molecular formula is C16H18Cl2N2. The summed E-state index contributed by atoms with van der Waals surface area (Å²) in [5.74, 6) is 0. The first-order valence-corrected chi connectivity index (χ1v) is 7.51. The van der Waals surface area contributed by atoms with Gasteiger partial charge in [-0.15, -0.1) is 0 Å². The van der Waals surface area contributed by atoms with Gasteiger partial charge in [0.1, 0.15) is 0 Å². The zero-order chi connectivity index (χ0) is 14.4. The number of likely N-dealkylation sites (N-methyl/N-ethyl adjacent to an activating group) is 1. The van der Waals surface area contributed by atoms with E-state index in [1.54, 1.807) is 0 Å². The molecule has 106 valence electrons. The Kier molecular flexibility index (Phi) is 5.84. The number of pyridine rings is 1. The van der Waals surface area contributed by atoms with Gasteiger partial charge in [-0.2, -0.15) is 0 Å². The number of hydrogen-bond donors (Lipinski definition) is 1. The fourth-order valence-electron chi connectivity index (χ4n) is 2.27. The Labute approximate surface area is 130 Å². The lowest BCUT2D eigenvalue weighted by molar-refractivity contribution is 0.521. The molecule has 0 aliphatic rings. The molecule has 0 fully saturated rings. The predicted molar refractivity (Wildman–Crippen MR) is 85.6 cm³/mol. The van der Waals surface area contributed by atoms with Gasteiger partial charge >= 0.3 is 0 Å². The second kappa shape index (κ2) is 7.63. The van der Waals surface area contributed by atoms with Crippen LogP contribution in [0.5, 0.6) is 0 Å². The van der Waals surface area contributed by atoms with Gasteiger partial charge in [-0.1, -0.05) is 30.1 Å². The van der Waals surface area contributed by atoms with Crippen molar-refractivity contribution in [2.75, 3.05) is 6.54 Å². The van der Waals surface area contributed by atoms with Gasteiger partial charge in [-0.05, 0) is 60.8 Å². The highest BCUT2D eigenvalue weighted by Crippen LogP contribution is 2.22. The fourth-order valence-corrected chi connectivity index (χ4v) is 2.66. The van der Waals surface area contributed by atoms with Crippen LogP contribution in [0.2, 0.25) is 10.0 Å². The third-order valence-corrected chi connectivity index (χ3v) is 3.80. The highest BCUT2D eigenvalue weighted by Gasteiger charge is 2.12. The summed E-state index contributed by atoms with van der Waals surface area (Å²) in [7, 11) is 0. The lowest BCUT2D eigenvalue weighted by Gasteiger charge is -2.19. The Morgan fingerprint density at radius 3 is 2.55 bits per heavy atom. The van der Waals surface area contributed by atoms with E-state index in [2.05, 4.69) is 17.2 Å². The van der Waals surface area contributed by atoms with Gasteiger partial charge in [0.25, 0.3) is 0 Å². The van der Waals surface area contributed by atoms with Crippen molar-refractivity contribution < 1.29 is 0 Å². The molecule has 2 rings (SSSR count). The lowest BCUT2D eigenvalue weighted by atomic mass is 9.99. The maximum Gasteiger partial charge on any atom is 0.0439 e. The molecule has 0 aliphatic carbocycles. The number of hydrogen-bond acceptors (Lipinski definition) is 2. The van der Waals surface area contributed by atoms with Crippen LogP contribution < -0.4 is 5.32 Å². The third kappa shape index (κ3) is 4.48. The molecule has 0 saturated carbocycles. The standard InChI is InChI=1S/C16H18Cl2N2/c1-2-20-15(9-12-5-7-19-8-6-12)11-13-10-14(17)3-4-16(13)18/h3-8,10,15,20H,2,9,11H2,1H3. The van der Waals surface area contributed by atoms with Gasteiger partial charge in [0.15, 0.2) is 0 Å². The Morgan fingerprint density at radius 2 is 1.85 bits per heavy atom. The van der Waals surface area contributed by atoms with Crippen LogP contribution in [-0.4, -0.2) is 17.6 Å². The minimum Gasteiger partial charge on any atom is -0.314 e. The van der Waals surface area contributed by atoms with E-state index in [4.69, 9.17) is 23.2 Å². The number of halogens is 2. The van der Waals surface area contributed by atoms with Crippen LogP contribution in [0.4, 0.5) is 0 Å². The van der Waals surface area contributed by atoms with E-state index in [1.807, 2.05) is 42.7 Å². The quantitative estimate of drug-likeness (QED) is 0.867. The Morgan fingerprint density at radius 1 is 1.10 bits per heavy atom. The third-order valence-electron chi connectivity index (χ3n) is 3.20. The van der Waals surface area contributed by atoms with Crippen LogP contribution in [0, 0.1) is 0 Å². The highest BCUT2D eigenvalue weighted by molar-refractivity contribution is 6.33. The minimum atomic E-state index is 0.332. The Balaban J connectivity index is 2.11. The van der Waals surface area contributed by atoms with Crippen LogP contribution >= 0.6 is 23.2 Å². The molecule has 0 saturated heterocycles. The summed E-state index contributed by atoms with van der Waals surface area (Å²) >= 11 is 12.3. The fraction of sp³-hybridized carbons (Fsp3) is 0.312. The average molecular weight is 309 g/mol. The van der Waals surface area contributed by atoms with Crippen LogP contribution in [0.15, 0.2) is 42.7 Å². The van der Waals surface area contributed by atoms with E-state index < -0.39 is 0 Å². The molecule has 0 bridgehead atoms. The maximum absolute atomic E-state index is 6.25. The predicted octanol–water partition coefficient (Wildman–Crippen LogP) is 4.15. The normalized spacial score (nSPS) is 12.3. The van der Waals surface area contributed by atoms with E-state index in [1.165, 1.54) is 5.56 Å². The molecule has 0 amide bonds. The maximum atomic E-state index is 6.25. The van der Waals surface area contributed by atoms with Crippen LogP contribution in [0.3, 0.4) is 0 Å². The molecule has 4 heteroatoms. The molecule has 1 aromatic carbocycles. The first kappa shape index (κ1) is 15.3. The molecule has 20 heavy (non-hydrogen) atoms. The van der Waals surface area contributed by atoms with Gasteiger partial charge in [0, 0.05) is 28.5 Å². The Bertz CT molecular complexity index is 543. The topological polar surface area (TPSA) is 24.9 Å². The largest absolute Gasteiger partial charge is 0.314 e. The van der Waals surface area contributed by atoms with Crippen LogP contribution in [-0.2, 0) is 12.8 Å². The molecule has 1 N–H and O–H groups in total. The number of rotatable bonds is 6. The van der Waals surface area contributed by atoms with Crippen molar-refractivity contribution in [1.82, 2.24) is 10.3 Å².